The number of unbranched alkanes of at least 4 members (excludes halogenated alkanes) is 28. The summed E-state index contributed by atoms with van der Waals surface area (Å²) in [5, 5.41) is 0. The third-order valence-electron chi connectivity index (χ3n) is 13.1. The quantitative estimate of drug-likeness (QED) is 0.0261. The van der Waals surface area contributed by atoms with Gasteiger partial charge in [0.15, 0.2) is 6.10 Å². The standard InChI is InChI=1S/C67H114O6/c1-4-7-10-13-16-19-22-25-28-30-32-33-35-37-40-43-46-49-52-55-58-61-67(70)73-64(62-71-65(68)59-56-53-50-47-44-41-38-27-24-21-18-15-12-9-6-3)63-72-66(69)60-57-54-51-48-45-42-39-36-34-31-29-26-23-20-17-14-11-8-5-2/h8,11,17,20,25-29,34,36,38,42,45,51,54,64H,4-7,9-10,12-16,18-19,21-24,30-33,35,37,39-41,43-44,46-50,52-53,55-63H2,1-3H3/b11-8-,20-17-,28-25-,29-26-,36-34-,38-27-,45-42-,54-51-/t64-/m0/s1. The first-order valence-corrected chi connectivity index (χ1v) is 30.7. The molecule has 0 aliphatic carbocycles. The maximum Gasteiger partial charge on any atom is 0.306 e. The molecular weight excluding hydrogens is 901 g/mol. The lowest BCUT2D eigenvalue weighted by molar-refractivity contribution is -0.166. The molecule has 0 spiro atoms. The maximum atomic E-state index is 12.9. The first-order valence-electron chi connectivity index (χ1n) is 30.7. The Morgan fingerprint density at radius 1 is 0.288 bits per heavy atom. The molecular formula is C67H114O6. The van der Waals surface area contributed by atoms with Crippen molar-refractivity contribution in [2.24, 2.45) is 0 Å². The highest BCUT2D eigenvalue weighted by molar-refractivity contribution is 5.71. The Balaban J connectivity index is 4.47. The van der Waals surface area contributed by atoms with E-state index < -0.39 is 6.10 Å². The molecule has 0 saturated heterocycles. The average molecular weight is 1020 g/mol. The van der Waals surface area contributed by atoms with Crippen LogP contribution < -0.4 is 0 Å². The number of carbonyl (C=O) groups excluding carboxylic acids is 3. The lowest BCUT2D eigenvalue weighted by Crippen LogP contribution is -2.30. The van der Waals surface area contributed by atoms with E-state index in [2.05, 4.69) is 112 Å². The Bertz CT molecular complexity index is 1440. The van der Waals surface area contributed by atoms with E-state index in [-0.39, 0.29) is 37.5 Å². The van der Waals surface area contributed by atoms with E-state index in [1.165, 1.54) is 154 Å². The molecule has 0 saturated carbocycles. The number of hydrogen-bond acceptors (Lipinski definition) is 6. The summed E-state index contributed by atoms with van der Waals surface area (Å²) in [5.41, 5.74) is 0. The Morgan fingerprint density at radius 3 is 0.918 bits per heavy atom. The molecule has 0 rings (SSSR count). The third-order valence-corrected chi connectivity index (χ3v) is 13.1. The third kappa shape index (κ3) is 59.1. The van der Waals surface area contributed by atoms with Crippen molar-refractivity contribution in [2.45, 2.75) is 297 Å². The number of ether oxygens (including phenoxy) is 3. The predicted molar refractivity (Wildman–Crippen MR) is 316 cm³/mol. The van der Waals surface area contributed by atoms with Crippen LogP contribution in [0.5, 0.6) is 0 Å². The molecule has 1 atom stereocenters. The second kappa shape index (κ2) is 60.9. The van der Waals surface area contributed by atoms with Crippen LogP contribution in [0.15, 0.2) is 97.2 Å². The van der Waals surface area contributed by atoms with Crippen molar-refractivity contribution in [1.82, 2.24) is 0 Å². The van der Waals surface area contributed by atoms with Crippen molar-refractivity contribution in [1.29, 1.82) is 0 Å². The summed E-state index contributed by atoms with van der Waals surface area (Å²) in [6, 6.07) is 0. The van der Waals surface area contributed by atoms with Crippen molar-refractivity contribution in [3.8, 4) is 0 Å². The van der Waals surface area contributed by atoms with Crippen LogP contribution in [0, 0.1) is 0 Å². The molecule has 0 aromatic rings. The van der Waals surface area contributed by atoms with E-state index in [1.807, 2.05) is 6.08 Å². The van der Waals surface area contributed by atoms with Gasteiger partial charge in [0.1, 0.15) is 13.2 Å². The minimum atomic E-state index is -0.813. The van der Waals surface area contributed by atoms with E-state index in [0.717, 1.165) is 89.9 Å². The van der Waals surface area contributed by atoms with Crippen molar-refractivity contribution < 1.29 is 28.6 Å². The fraction of sp³-hybridized carbons (Fsp3) is 0.716. The first-order chi connectivity index (χ1) is 36.0. The summed E-state index contributed by atoms with van der Waals surface area (Å²) in [7, 11) is 0. The zero-order valence-corrected chi connectivity index (χ0v) is 47.9. The van der Waals surface area contributed by atoms with Gasteiger partial charge in [0.25, 0.3) is 0 Å². The molecule has 0 N–H and O–H groups in total. The Morgan fingerprint density at radius 2 is 0.562 bits per heavy atom. The molecule has 6 heteroatoms. The molecule has 0 aromatic heterocycles. The normalized spacial score (nSPS) is 12.8. The minimum Gasteiger partial charge on any atom is -0.462 e. The van der Waals surface area contributed by atoms with Gasteiger partial charge in [0.05, 0.1) is 0 Å². The van der Waals surface area contributed by atoms with Gasteiger partial charge in [-0.15, -0.1) is 0 Å². The Hall–Kier alpha value is -3.67. The molecule has 0 unspecified atom stereocenters. The largest absolute Gasteiger partial charge is 0.462 e. The molecule has 0 amide bonds. The molecule has 0 radical (unpaired) electrons. The van der Waals surface area contributed by atoms with Gasteiger partial charge in [-0.25, -0.2) is 0 Å². The van der Waals surface area contributed by atoms with Gasteiger partial charge in [-0.3, -0.25) is 14.4 Å². The van der Waals surface area contributed by atoms with E-state index >= 15 is 0 Å². The summed E-state index contributed by atoms with van der Waals surface area (Å²) < 4.78 is 16.8. The van der Waals surface area contributed by atoms with E-state index in [4.69, 9.17) is 14.2 Å². The molecule has 6 nitrogen and oxygen atoms in total. The second-order valence-electron chi connectivity index (χ2n) is 20.2. The van der Waals surface area contributed by atoms with Crippen molar-refractivity contribution in [3.05, 3.63) is 97.2 Å². The SMILES string of the molecule is CC/C=C\C/C=C\C/C=C\C/C=C\C/C=C\C/C=C\CCC(=O)OC[C@H](COC(=O)CCCCCCC/C=C\CCCCCCCC)OC(=O)CCCCCCCCCCCCC/C=C\CCCCCCCC. The zero-order chi connectivity index (χ0) is 52.9. The van der Waals surface area contributed by atoms with Gasteiger partial charge in [-0.1, -0.05) is 259 Å². The number of hydrogen-bond donors (Lipinski definition) is 0. The molecule has 0 heterocycles. The van der Waals surface area contributed by atoms with Crippen LogP contribution in [-0.4, -0.2) is 37.2 Å². The predicted octanol–water partition coefficient (Wildman–Crippen LogP) is 20.9. The van der Waals surface area contributed by atoms with Gasteiger partial charge in [0, 0.05) is 19.3 Å². The van der Waals surface area contributed by atoms with Crippen LogP contribution in [0.25, 0.3) is 0 Å². The summed E-state index contributed by atoms with van der Waals surface area (Å²) in [4.78, 5) is 38.2. The molecule has 0 aliphatic rings. The lowest BCUT2D eigenvalue weighted by Gasteiger charge is -2.18. The van der Waals surface area contributed by atoms with Gasteiger partial charge in [0.2, 0.25) is 0 Å². The van der Waals surface area contributed by atoms with E-state index in [0.29, 0.717) is 19.3 Å². The fourth-order valence-corrected chi connectivity index (χ4v) is 8.46. The number of carbonyl (C=O) groups is 3. The summed E-state index contributed by atoms with van der Waals surface area (Å²) in [6.45, 7) is 6.47. The summed E-state index contributed by atoms with van der Waals surface area (Å²) in [6.07, 6.45) is 81.3. The monoisotopic (exact) mass is 1010 g/mol. The van der Waals surface area contributed by atoms with Crippen LogP contribution in [-0.2, 0) is 28.6 Å². The van der Waals surface area contributed by atoms with Gasteiger partial charge in [-0.05, 0) is 109 Å². The van der Waals surface area contributed by atoms with Crippen molar-refractivity contribution in [2.75, 3.05) is 13.2 Å². The highest BCUT2D eigenvalue weighted by Gasteiger charge is 2.19. The first kappa shape index (κ1) is 69.3. The van der Waals surface area contributed by atoms with Crippen LogP contribution in [0.3, 0.4) is 0 Å². The smallest absolute Gasteiger partial charge is 0.306 e. The molecule has 418 valence electrons. The molecule has 73 heavy (non-hydrogen) atoms. The highest BCUT2D eigenvalue weighted by atomic mass is 16.6. The van der Waals surface area contributed by atoms with E-state index in [1.54, 1.807) is 0 Å². The fourth-order valence-electron chi connectivity index (χ4n) is 8.46. The van der Waals surface area contributed by atoms with Gasteiger partial charge in [-0.2, -0.15) is 0 Å². The molecule has 0 bridgehead atoms. The van der Waals surface area contributed by atoms with Crippen molar-refractivity contribution in [3.63, 3.8) is 0 Å². The van der Waals surface area contributed by atoms with Gasteiger partial charge >= 0.3 is 17.9 Å². The number of rotatable bonds is 55. The topological polar surface area (TPSA) is 78.9 Å². The maximum absolute atomic E-state index is 12.9. The lowest BCUT2D eigenvalue weighted by atomic mass is 10.0. The summed E-state index contributed by atoms with van der Waals surface area (Å²) in [5.74, 6) is -0.994. The molecule has 0 fully saturated rings. The van der Waals surface area contributed by atoms with Crippen LogP contribution in [0.4, 0.5) is 0 Å². The van der Waals surface area contributed by atoms with Crippen LogP contribution >= 0.6 is 0 Å². The number of esters is 3. The summed E-state index contributed by atoms with van der Waals surface area (Å²) >= 11 is 0. The minimum absolute atomic E-state index is 0.105. The van der Waals surface area contributed by atoms with Crippen LogP contribution in [0.1, 0.15) is 290 Å². The van der Waals surface area contributed by atoms with Crippen molar-refractivity contribution >= 4 is 17.9 Å². The highest BCUT2D eigenvalue weighted by Crippen LogP contribution is 2.15. The zero-order valence-electron chi connectivity index (χ0n) is 47.9. The Kier molecular flexibility index (Phi) is 57.8. The molecule has 0 aliphatic heterocycles. The van der Waals surface area contributed by atoms with E-state index in [9.17, 15) is 14.4 Å². The molecule has 0 aromatic carbocycles. The van der Waals surface area contributed by atoms with Crippen LogP contribution in [0.2, 0.25) is 0 Å². The number of allylic oxidation sites excluding steroid dienone is 16. The Labute approximate surface area is 451 Å². The average Bonchev–Trinajstić information content (AvgIpc) is 3.39. The second-order valence-corrected chi connectivity index (χ2v) is 20.2. The van der Waals surface area contributed by atoms with Gasteiger partial charge < -0.3 is 14.2 Å².